The van der Waals surface area contributed by atoms with E-state index >= 15 is 0 Å². The molecule has 4 aromatic carbocycles. The summed E-state index contributed by atoms with van der Waals surface area (Å²) in [5.41, 5.74) is 8.41. The molecule has 1 radical (unpaired) electrons. The van der Waals surface area contributed by atoms with Crippen LogP contribution in [0.5, 0.6) is 0 Å². The number of aromatic nitrogens is 2. The summed E-state index contributed by atoms with van der Waals surface area (Å²) in [6.07, 6.45) is 10.0. The molecule has 0 N–H and O–H groups in total. The number of amidine groups is 1. The first-order chi connectivity index (χ1) is 25.5. The van der Waals surface area contributed by atoms with Crippen LogP contribution in [0.4, 0.5) is 28.7 Å². The Hall–Kier alpha value is -5.44. The molecule has 10 rings (SSSR count). The predicted molar refractivity (Wildman–Crippen MR) is 218 cm³/mol. The van der Waals surface area contributed by atoms with Gasteiger partial charge in [-0.25, -0.2) is 14.1 Å². The fraction of sp³-hybridized carbons (Fsp3) is 0.159. The van der Waals surface area contributed by atoms with Gasteiger partial charge in [-0.15, -0.1) is 11.8 Å². The highest BCUT2D eigenvalue weighted by Gasteiger charge is 2.45. The first-order valence-corrected chi connectivity index (χ1v) is 20.4. The average Bonchev–Trinajstić information content (AvgIpc) is 3.75. The van der Waals surface area contributed by atoms with Crippen molar-refractivity contribution in [3.63, 3.8) is 0 Å². The monoisotopic (exact) mass is 710 g/mol. The Kier molecular flexibility index (Phi) is 7.44. The number of rotatable bonds is 4. The molecule has 0 saturated carbocycles. The van der Waals surface area contributed by atoms with Crippen LogP contribution in [-0.4, -0.2) is 60.4 Å². The van der Waals surface area contributed by atoms with Crippen molar-refractivity contribution in [2.24, 2.45) is 12.0 Å². The molecule has 6 aromatic rings. The van der Waals surface area contributed by atoms with Crippen LogP contribution in [0.2, 0.25) is 0 Å². The van der Waals surface area contributed by atoms with Gasteiger partial charge in [0.2, 0.25) is 0 Å². The molecule has 0 saturated heterocycles. The van der Waals surface area contributed by atoms with Gasteiger partial charge < -0.3 is 4.90 Å². The van der Waals surface area contributed by atoms with Crippen molar-refractivity contribution in [1.82, 2.24) is 9.55 Å². The Morgan fingerprint density at radius 2 is 1.46 bits per heavy atom. The second-order valence-electron chi connectivity index (χ2n) is 14.0. The van der Waals surface area contributed by atoms with E-state index in [9.17, 15) is 0 Å². The lowest BCUT2D eigenvalue weighted by molar-refractivity contribution is -0.403. The number of aryl methyl sites for hydroxylation is 1. The van der Waals surface area contributed by atoms with Crippen molar-refractivity contribution in [1.29, 1.82) is 0 Å². The van der Waals surface area contributed by atoms with Gasteiger partial charge in [0.1, 0.15) is 20.8 Å². The summed E-state index contributed by atoms with van der Waals surface area (Å²) < 4.78 is 4.45. The number of dihydropyridines is 1. The highest BCUT2D eigenvalue weighted by Crippen LogP contribution is 2.50. The molecule has 6 nitrogen and oxygen atoms in total. The second-order valence-corrected chi connectivity index (χ2v) is 17.8. The van der Waals surface area contributed by atoms with Crippen molar-refractivity contribution in [3.8, 4) is 11.3 Å². The molecular weight excluding hydrogens is 673 g/mol. The van der Waals surface area contributed by atoms with Gasteiger partial charge in [-0.1, -0.05) is 107 Å². The van der Waals surface area contributed by atoms with Crippen LogP contribution in [0.3, 0.4) is 0 Å². The van der Waals surface area contributed by atoms with Crippen LogP contribution in [-0.2, 0) is 13.5 Å². The molecule has 0 bridgehead atoms. The molecule has 4 aliphatic rings. The van der Waals surface area contributed by atoms with Crippen LogP contribution in [0.1, 0.15) is 16.7 Å². The molecule has 4 aliphatic heterocycles. The topological polar surface area (TPSA) is 39.7 Å². The summed E-state index contributed by atoms with van der Waals surface area (Å²) in [6.45, 7) is 0. The third-order valence-corrected chi connectivity index (χ3v) is 15.5. The zero-order valence-corrected chi connectivity index (χ0v) is 31.2. The van der Waals surface area contributed by atoms with E-state index in [2.05, 4.69) is 186 Å². The molecular formula is C44H38N6SSi+. The zero-order chi connectivity index (χ0) is 34.9. The van der Waals surface area contributed by atoms with E-state index < -0.39 is 8.80 Å². The van der Waals surface area contributed by atoms with Crippen molar-refractivity contribution in [2.75, 3.05) is 23.9 Å². The summed E-state index contributed by atoms with van der Waals surface area (Å²) in [5, 5.41) is 3.04. The van der Waals surface area contributed by atoms with Gasteiger partial charge in [0.15, 0.2) is 5.82 Å². The van der Waals surface area contributed by atoms with E-state index in [0.717, 1.165) is 40.8 Å². The van der Waals surface area contributed by atoms with Crippen LogP contribution < -0.4 is 20.2 Å². The van der Waals surface area contributed by atoms with Gasteiger partial charge in [0.25, 0.3) is 5.82 Å². The predicted octanol–water partition coefficient (Wildman–Crippen LogP) is 7.65. The quantitative estimate of drug-likeness (QED) is 0.139. The molecule has 52 heavy (non-hydrogen) atoms. The SMILES string of the molecule is CN1c2ccccc2N(C2=NC3C(C=C2)Sc2ccccc2C3[Si](c2ccccc2)c2ccccc2)c2nc(-c3cn(C)c4c3CC=[N+]4C)ccc21. The van der Waals surface area contributed by atoms with E-state index in [0.29, 0.717) is 0 Å². The Labute approximate surface area is 310 Å². The first kappa shape index (κ1) is 31.3. The van der Waals surface area contributed by atoms with Crippen LogP contribution >= 0.6 is 11.8 Å². The third-order valence-electron chi connectivity index (χ3n) is 11.0. The van der Waals surface area contributed by atoms with Crippen LogP contribution in [0.15, 0.2) is 150 Å². The maximum absolute atomic E-state index is 5.86. The number of thioether (sulfide) groups is 1. The molecule has 0 fully saturated rings. The van der Waals surface area contributed by atoms with E-state index in [1.54, 1.807) is 0 Å². The molecule has 8 heteroatoms. The lowest BCUT2D eigenvalue weighted by atomic mass is 9.99. The summed E-state index contributed by atoms with van der Waals surface area (Å²) in [6, 6.07) is 44.5. The van der Waals surface area contributed by atoms with Gasteiger partial charge in [-0.3, -0.25) is 9.89 Å². The molecule has 253 valence electrons. The third kappa shape index (κ3) is 4.88. The lowest BCUT2D eigenvalue weighted by Crippen LogP contribution is -2.54. The van der Waals surface area contributed by atoms with E-state index in [-0.39, 0.29) is 16.8 Å². The van der Waals surface area contributed by atoms with Crippen molar-refractivity contribution in [3.05, 3.63) is 151 Å². The molecule has 3 unspecified atom stereocenters. The Balaban J connectivity index is 1.15. The second kappa shape index (κ2) is 12.4. The summed E-state index contributed by atoms with van der Waals surface area (Å²) >= 11 is 1.96. The van der Waals surface area contributed by atoms with Gasteiger partial charge in [-0.2, -0.15) is 0 Å². The van der Waals surface area contributed by atoms with Gasteiger partial charge in [0.05, 0.1) is 65.5 Å². The highest BCUT2D eigenvalue weighted by atomic mass is 32.2. The van der Waals surface area contributed by atoms with Crippen LogP contribution in [0, 0.1) is 0 Å². The number of nitrogens with zero attached hydrogens (tertiary/aromatic N) is 6. The number of hydrogen-bond donors (Lipinski definition) is 0. The Bertz CT molecular complexity index is 2410. The molecule has 0 spiro atoms. The van der Waals surface area contributed by atoms with Crippen molar-refractivity contribution in [2.45, 2.75) is 28.1 Å². The van der Waals surface area contributed by atoms with Crippen LogP contribution in [0.25, 0.3) is 11.3 Å². The normalized spacial score (nSPS) is 19.7. The maximum Gasteiger partial charge on any atom is 0.285 e. The molecule has 0 amide bonds. The minimum absolute atomic E-state index is 0.0381. The molecule has 2 aromatic heterocycles. The number of anilines is 4. The molecule has 0 aliphatic carbocycles. The minimum atomic E-state index is -1.32. The largest absolute Gasteiger partial charge is 0.340 e. The summed E-state index contributed by atoms with van der Waals surface area (Å²) in [4.78, 5) is 17.3. The summed E-state index contributed by atoms with van der Waals surface area (Å²) in [7, 11) is 5.08. The number of pyridine rings is 1. The van der Waals surface area contributed by atoms with E-state index in [1.165, 1.54) is 37.8 Å². The highest BCUT2D eigenvalue weighted by molar-refractivity contribution is 8.00. The summed E-state index contributed by atoms with van der Waals surface area (Å²) in [5.74, 6) is 3.08. The lowest BCUT2D eigenvalue weighted by Gasteiger charge is -2.43. The molecule has 3 atom stereocenters. The maximum atomic E-state index is 5.86. The smallest absolute Gasteiger partial charge is 0.285 e. The average molecular weight is 711 g/mol. The minimum Gasteiger partial charge on any atom is -0.340 e. The Morgan fingerprint density at radius 3 is 2.23 bits per heavy atom. The number of aliphatic imine (C=N–C) groups is 1. The number of hydrogen-bond acceptors (Lipinski definition) is 5. The van der Waals surface area contributed by atoms with E-state index in [4.69, 9.17) is 9.98 Å². The fourth-order valence-corrected chi connectivity index (χ4v) is 13.5. The Morgan fingerprint density at radius 1 is 0.769 bits per heavy atom. The standard InChI is InChI=1S/C44H38N6SSi/c1-47-27-26-31-33(28-48(2)44(31)47)34-22-23-37-43(45-34)50(36-20-12-11-19-35(36)49(37)3)40-25-24-39-41(46-40)42(32-18-10-13-21-38(32)51-39)52(29-14-6-4-7-15-29)30-16-8-5-9-17-30/h4-25,27-28,39,41-42H,26H2,1-3H3/q+1. The van der Waals surface area contributed by atoms with Gasteiger partial charge in [0, 0.05) is 23.9 Å². The molecule has 6 heterocycles. The first-order valence-electron chi connectivity index (χ1n) is 17.9. The fourth-order valence-electron chi connectivity index (χ4n) is 8.63. The number of benzene rings is 4. The number of fused-ring (bicyclic) bond motifs is 5. The van der Waals surface area contributed by atoms with Gasteiger partial charge >= 0.3 is 0 Å². The van der Waals surface area contributed by atoms with E-state index in [1.807, 2.05) is 11.8 Å². The van der Waals surface area contributed by atoms with Crippen molar-refractivity contribution < 1.29 is 4.58 Å². The number of para-hydroxylation sites is 2. The van der Waals surface area contributed by atoms with Gasteiger partial charge in [-0.05, 0) is 42.0 Å². The van der Waals surface area contributed by atoms with Crippen molar-refractivity contribution >= 4 is 71.7 Å². The zero-order valence-electron chi connectivity index (χ0n) is 29.4.